The number of hydrogen-bond donors (Lipinski definition) is 2. The van der Waals surface area contributed by atoms with E-state index in [0.717, 1.165) is 23.9 Å². The van der Waals surface area contributed by atoms with Gasteiger partial charge in [-0.3, -0.25) is 9.59 Å². The van der Waals surface area contributed by atoms with Crippen LogP contribution in [0.15, 0.2) is 0 Å². The Hall–Kier alpha value is -1.85. The first-order valence-corrected chi connectivity index (χ1v) is 11.3. The molecule has 0 radical (unpaired) electrons. The van der Waals surface area contributed by atoms with Crippen LogP contribution in [0.3, 0.4) is 0 Å². The summed E-state index contributed by atoms with van der Waals surface area (Å²) in [5, 5.41) is 6.07. The fourth-order valence-corrected chi connectivity index (χ4v) is 4.82. The van der Waals surface area contributed by atoms with Crippen LogP contribution >= 0.6 is 0 Å². The van der Waals surface area contributed by atoms with Crippen molar-refractivity contribution in [3.63, 3.8) is 0 Å². The van der Waals surface area contributed by atoms with E-state index in [9.17, 15) is 22.4 Å². The monoisotopic (exact) mass is 431 g/mol. The fourth-order valence-electron chi connectivity index (χ4n) is 3.29. The van der Waals surface area contributed by atoms with Crippen molar-refractivity contribution in [2.45, 2.75) is 50.8 Å². The Bertz CT molecular complexity index is 832. The lowest BCUT2D eigenvalue weighted by atomic mass is 10.0. The molecule has 164 valence electrons. The van der Waals surface area contributed by atoms with E-state index in [0.29, 0.717) is 25.9 Å². The molecule has 0 saturated heterocycles. The number of nitrogens with zero attached hydrogens (tertiary/aromatic N) is 3. The molecule has 1 aliphatic carbocycles. The Morgan fingerprint density at radius 2 is 1.90 bits per heavy atom. The Kier molecular flexibility index (Phi) is 8.29. The maximum Gasteiger partial charge on any atom is 0.241 e. The lowest BCUT2D eigenvalue weighted by molar-refractivity contribution is -0.121. The molecular weight excluding hydrogens is 401 g/mol. The van der Waals surface area contributed by atoms with Crippen LogP contribution in [-0.2, 0) is 21.4 Å². The van der Waals surface area contributed by atoms with Gasteiger partial charge in [-0.1, -0.05) is 19.3 Å². The van der Waals surface area contributed by atoms with Gasteiger partial charge < -0.3 is 10.2 Å². The predicted octanol–water partition coefficient (Wildman–Crippen LogP) is 0.443. The van der Waals surface area contributed by atoms with Crippen LogP contribution in [0.2, 0.25) is 0 Å². The largest absolute Gasteiger partial charge is 0.353 e. The first-order valence-electron chi connectivity index (χ1n) is 9.78. The van der Waals surface area contributed by atoms with Gasteiger partial charge in [0, 0.05) is 13.1 Å². The Balaban J connectivity index is 2.03. The number of aryl methyl sites for hydroxylation is 1. The molecule has 0 atom stereocenters. The van der Waals surface area contributed by atoms with E-state index in [1.807, 2.05) is 19.0 Å². The topological polar surface area (TPSA) is 113 Å². The molecule has 0 aromatic carbocycles. The standard InChI is InChI=1S/C18H30FN5O4S/c1-13-17(19)18(24(22-13)12-16(26)20-9-10-23(2)3)15(25)11-21-29(27,28)14-7-5-4-6-8-14/h14,21H,4-12H2,1-3H3,(H,20,26). The van der Waals surface area contributed by atoms with E-state index in [4.69, 9.17) is 0 Å². The normalized spacial score (nSPS) is 15.6. The Labute approximate surface area is 171 Å². The molecule has 29 heavy (non-hydrogen) atoms. The smallest absolute Gasteiger partial charge is 0.241 e. The summed E-state index contributed by atoms with van der Waals surface area (Å²) >= 11 is 0. The third-order valence-corrected chi connectivity index (χ3v) is 6.81. The van der Waals surface area contributed by atoms with Crippen molar-refractivity contribution in [3.8, 4) is 0 Å². The summed E-state index contributed by atoms with van der Waals surface area (Å²) < 4.78 is 42.5. The van der Waals surface area contributed by atoms with Crippen LogP contribution in [0, 0.1) is 12.7 Å². The second-order valence-electron chi connectivity index (χ2n) is 7.61. The summed E-state index contributed by atoms with van der Waals surface area (Å²) in [5.41, 5.74) is -0.416. The zero-order valence-corrected chi connectivity index (χ0v) is 18.0. The van der Waals surface area contributed by atoms with Crippen LogP contribution in [0.1, 0.15) is 48.3 Å². The minimum atomic E-state index is -3.66. The lowest BCUT2D eigenvalue weighted by Crippen LogP contribution is -2.39. The average molecular weight is 432 g/mol. The highest BCUT2D eigenvalue weighted by atomic mass is 32.2. The van der Waals surface area contributed by atoms with Gasteiger partial charge in [0.25, 0.3) is 0 Å². The second-order valence-corrected chi connectivity index (χ2v) is 9.65. The first-order chi connectivity index (χ1) is 13.6. The van der Waals surface area contributed by atoms with Crippen molar-refractivity contribution in [1.82, 2.24) is 24.7 Å². The summed E-state index contributed by atoms with van der Waals surface area (Å²) in [6.07, 6.45) is 3.79. The van der Waals surface area contributed by atoms with E-state index in [-0.39, 0.29) is 12.2 Å². The number of nitrogens with one attached hydrogen (secondary N) is 2. The highest BCUT2D eigenvalue weighted by molar-refractivity contribution is 7.90. The lowest BCUT2D eigenvalue weighted by Gasteiger charge is -2.21. The van der Waals surface area contributed by atoms with Crippen LogP contribution in [0.5, 0.6) is 0 Å². The van der Waals surface area contributed by atoms with Gasteiger partial charge in [0.2, 0.25) is 15.9 Å². The number of Topliss-reactive ketones (excluding diaryl/α,β-unsaturated/α-hetero) is 1. The van der Waals surface area contributed by atoms with Crippen molar-refractivity contribution in [2.75, 3.05) is 33.7 Å². The summed E-state index contributed by atoms with van der Waals surface area (Å²) in [4.78, 5) is 26.5. The predicted molar refractivity (Wildman–Crippen MR) is 107 cm³/mol. The van der Waals surface area contributed by atoms with Gasteiger partial charge in [-0.05, 0) is 33.9 Å². The molecule has 1 aromatic rings. The molecule has 1 heterocycles. The maximum atomic E-state index is 14.4. The molecule has 11 heteroatoms. The Morgan fingerprint density at radius 3 is 2.52 bits per heavy atom. The van der Waals surface area contributed by atoms with E-state index < -0.39 is 45.0 Å². The van der Waals surface area contributed by atoms with Gasteiger partial charge in [0.05, 0.1) is 17.5 Å². The number of likely N-dealkylation sites (N-methyl/N-ethyl adjacent to an activating group) is 1. The molecule has 1 fully saturated rings. The summed E-state index contributed by atoms with van der Waals surface area (Å²) in [7, 11) is 0.0738. The minimum Gasteiger partial charge on any atom is -0.353 e. The molecular formula is C18H30FN5O4S. The number of ketones is 1. The van der Waals surface area contributed by atoms with Crippen molar-refractivity contribution < 1.29 is 22.4 Å². The van der Waals surface area contributed by atoms with Gasteiger partial charge in [0.15, 0.2) is 11.6 Å². The molecule has 0 unspecified atom stereocenters. The second kappa shape index (κ2) is 10.3. The van der Waals surface area contributed by atoms with E-state index in [2.05, 4.69) is 15.1 Å². The molecule has 2 rings (SSSR count). The maximum absolute atomic E-state index is 14.4. The van der Waals surface area contributed by atoms with E-state index in [1.165, 1.54) is 6.92 Å². The van der Waals surface area contributed by atoms with Crippen molar-refractivity contribution in [2.24, 2.45) is 0 Å². The quantitative estimate of drug-likeness (QED) is 0.520. The molecule has 0 spiro atoms. The molecule has 1 aromatic heterocycles. The number of carbonyl (C=O) groups is 2. The highest BCUT2D eigenvalue weighted by Gasteiger charge is 2.29. The number of rotatable bonds is 10. The van der Waals surface area contributed by atoms with E-state index >= 15 is 0 Å². The molecule has 1 saturated carbocycles. The molecule has 1 amide bonds. The third kappa shape index (κ3) is 6.58. The van der Waals surface area contributed by atoms with Gasteiger partial charge in [0.1, 0.15) is 12.2 Å². The van der Waals surface area contributed by atoms with E-state index in [1.54, 1.807) is 0 Å². The molecule has 9 nitrogen and oxygen atoms in total. The number of hydrogen-bond acceptors (Lipinski definition) is 6. The summed E-state index contributed by atoms with van der Waals surface area (Å²) in [6, 6.07) is 0. The van der Waals surface area contributed by atoms with Gasteiger partial charge >= 0.3 is 0 Å². The SMILES string of the molecule is Cc1nn(CC(=O)NCCN(C)C)c(C(=O)CNS(=O)(=O)C2CCCCC2)c1F. The molecule has 1 aliphatic rings. The number of carbonyl (C=O) groups excluding carboxylic acids is 2. The number of sulfonamides is 1. The Morgan fingerprint density at radius 1 is 1.24 bits per heavy atom. The average Bonchev–Trinajstić information content (AvgIpc) is 2.93. The number of aromatic nitrogens is 2. The van der Waals surface area contributed by atoms with Gasteiger partial charge in [-0.25, -0.2) is 22.2 Å². The third-order valence-electron chi connectivity index (χ3n) is 4.92. The fraction of sp³-hybridized carbons (Fsp3) is 0.722. The van der Waals surface area contributed by atoms with Crippen LogP contribution < -0.4 is 10.0 Å². The molecule has 0 bridgehead atoms. The van der Waals surface area contributed by atoms with Crippen LogP contribution in [-0.4, -0.2) is 73.8 Å². The molecule has 2 N–H and O–H groups in total. The highest BCUT2D eigenvalue weighted by Crippen LogP contribution is 2.23. The zero-order chi connectivity index (χ0) is 21.6. The number of halogens is 1. The van der Waals surface area contributed by atoms with Gasteiger partial charge in [-0.2, -0.15) is 5.10 Å². The van der Waals surface area contributed by atoms with Crippen LogP contribution in [0.25, 0.3) is 0 Å². The van der Waals surface area contributed by atoms with Gasteiger partial charge in [-0.15, -0.1) is 0 Å². The summed E-state index contributed by atoms with van der Waals surface area (Å²) in [6.45, 7) is 1.53. The van der Waals surface area contributed by atoms with Crippen LogP contribution in [0.4, 0.5) is 4.39 Å². The minimum absolute atomic E-state index is 0.0235. The zero-order valence-electron chi connectivity index (χ0n) is 17.2. The van der Waals surface area contributed by atoms with Crippen molar-refractivity contribution in [1.29, 1.82) is 0 Å². The summed E-state index contributed by atoms with van der Waals surface area (Å²) in [5.74, 6) is -2.01. The first kappa shape index (κ1) is 23.4. The van der Waals surface area contributed by atoms with Crippen molar-refractivity contribution >= 4 is 21.7 Å². The van der Waals surface area contributed by atoms with Crippen molar-refractivity contribution in [3.05, 3.63) is 17.2 Å². The molecule has 0 aliphatic heterocycles. The number of amides is 1.